The number of carboxylic acid groups (broad SMARTS) is 1. The van der Waals surface area contributed by atoms with E-state index in [0.717, 1.165) is 12.8 Å². The average Bonchev–Trinajstić information content (AvgIpc) is 2.21. The van der Waals surface area contributed by atoms with Crippen molar-refractivity contribution in [2.45, 2.75) is 74.2 Å². The molecule has 0 saturated heterocycles. The topological polar surface area (TPSA) is 37.3 Å². The van der Waals surface area contributed by atoms with Crippen molar-refractivity contribution < 1.29 is 9.90 Å². The molecule has 3 rings (SSSR count). The number of carboxylic acids is 1. The molecular weight excluding hydrogens is 232 g/mol. The Morgan fingerprint density at radius 1 is 1.06 bits per heavy atom. The van der Waals surface area contributed by atoms with Gasteiger partial charge in [0.25, 0.3) is 0 Å². The largest absolute Gasteiger partial charge is 0.480 e. The van der Waals surface area contributed by atoms with E-state index in [2.05, 4.69) is 0 Å². The average molecular weight is 254 g/mol. The molecule has 0 bridgehead atoms. The summed E-state index contributed by atoms with van der Waals surface area (Å²) in [6, 6.07) is 0. The number of hydrogen-bond donors (Lipinski definition) is 1. The predicted octanol–water partition coefficient (Wildman–Crippen LogP) is 3.84. The molecule has 3 fully saturated rings. The Kier molecular flexibility index (Phi) is 2.92. The van der Waals surface area contributed by atoms with Crippen LogP contribution in [0.15, 0.2) is 0 Å². The molecule has 0 aromatic rings. The van der Waals surface area contributed by atoms with Gasteiger partial charge in [-0.1, -0.05) is 25.7 Å². The molecule has 1 spiro atoms. The van der Waals surface area contributed by atoms with E-state index in [9.17, 15) is 9.90 Å². The Balaban J connectivity index is 1.63. The molecule has 0 heterocycles. The van der Waals surface area contributed by atoms with Crippen LogP contribution >= 0.6 is 11.8 Å². The monoisotopic (exact) mass is 254 g/mol. The van der Waals surface area contributed by atoms with E-state index in [-0.39, 0.29) is 0 Å². The molecule has 2 nitrogen and oxygen atoms in total. The minimum absolute atomic E-state index is 0.400. The Bertz CT molecular complexity index is 308. The lowest BCUT2D eigenvalue weighted by Gasteiger charge is -2.59. The second kappa shape index (κ2) is 4.18. The van der Waals surface area contributed by atoms with Crippen LogP contribution in [0.2, 0.25) is 0 Å². The molecule has 96 valence electrons. The molecule has 3 saturated carbocycles. The Hall–Kier alpha value is -0.180. The zero-order valence-corrected chi connectivity index (χ0v) is 11.2. The summed E-state index contributed by atoms with van der Waals surface area (Å²) in [4.78, 5) is 11.6. The van der Waals surface area contributed by atoms with Crippen molar-refractivity contribution in [2.75, 3.05) is 0 Å². The number of carbonyl (C=O) groups is 1. The molecule has 3 aliphatic rings. The first-order valence-corrected chi connectivity index (χ1v) is 7.94. The fourth-order valence-electron chi connectivity index (χ4n) is 3.98. The number of hydrogen-bond acceptors (Lipinski definition) is 2. The fraction of sp³-hybridized carbons (Fsp3) is 0.929. The van der Waals surface area contributed by atoms with Crippen molar-refractivity contribution in [2.24, 2.45) is 5.41 Å². The summed E-state index contributed by atoms with van der Waals surface area (Å²) in [6.45, 7) is 0. The lowest BCUT2D eigenvalue weighted by molar-refractivity contribution is -0.149. The molecule has 1 N–H and O–H groups in total. The molecule has 3 aliphatic carbocycles. The van der Waals surface area contributed by atoms with Crippen molar-refractivity contribution in [1.29, 1.82) is 0 Å². The van der Waals surface area contributed by atoms with Gasteiger partial charge in [-0.25, -0.2) is 0 Å². The summed E-state index contributed by atoms with van der Waals surface area (Å²) in [5.41, 5.74) is 0.458. The van der Waals surface area contributed by atoms with E-state index < -0.39 is 10.7 Å². The maximum absolute atomic E-state index is 11.6. The van der Waals surface area contributed by atoms with Crippen LogP contribution in [0, 0.1) is 5.41 Å². The molecule has 0 aromatic heterocycles. The molecule has 0 aliphatic heterocycles. The minimum atomic E-state index is -0.536. The first kappa shape index (κ1) is 11.9. The van der Waals surface area contributed by atoms with Gasteiger partial charge < -0.3 is 5.11 Å². The second-order valence-electron chi connectivity index (χ2n) is 6.38. The molecule has 0 atom stereocenters. The van der Waals surface area contributed by atoms with E-state index in [1.54, 1.807) is 0 Å². The van der Waals surface area contributed by atoms with Gasteiger partial charge in [-0.2, -0.15) is 0 Å². The molecule has 17 heavy (non-hydrogen) atoms. The SMILES string of the molecule is O=C(O)C1(SC2CCCCC2)CC2(CCC2)C1. The van der Waals surface area contributed by atoms with Crippen molar-refractivity contribution >= 4 is 17.7 Å². The zero-order valence-electron chi connectivity index (χ0n) is 10.4. The van der Waals surface area contributed by atoms with Gasteiger partial charge in [0, 0.05) is 5.25 Å². The highest BCUT2D eigenvalue weighted by molar-refractivity contribution is 8.02. The van der Waals surface area contributed by atoms with Gasteiger partial charge in [0.15, 0.2) is 0 Å². The number of rotatable bonds is 3. The van der Waals surface area contributed by atoms with Gasteiger partial charge in [0.2, 0.25) is 0 Å². The summed E-state index contributed by atoms with van der Waals surface area (Å²) in [5.74, 6) is -0.536. The smallest absolute Gasteiger partial charge is 0.319 e. The molecule has 0 amide bonds. The third kappa shape index (κ3) is 2.00. The highest BCUT2D eigenvalue weighted by Gasteiger charge is 2.61. The van der Waals surface area contributed by atoms with Crippen LogP contribution in [-0.2, 0) is 4.79 Å². The van der Waals surface area contributed by atoms with E-state index in [1.165, 1.54) is 51.4 Å². The van der Waals surface area contributed by atoms with Crippen LogP contribution < -0.4 is 0 Å². The fourth-order valence-corrected chi connectivity index (χ4v) is 6.06. The lowest BCUT2D eigenvalue weighted by Crippen LogP contribution is -2.58. The highest BCUT2D eigenvalue weighted by Crippen LogP contribution is 2.66. The van der Waals surface area contributed by atoms with E-state index in [1.807, 2.05) is 11.8 Å². The van der Waals surface area contributed by atoms with Gasteiger partial charge in [-0.3, -0.25) is 4.79 Å². The van der Waals surface area contributed by atoms with Crippen LogP contribution in [0.25, 0.3) is 0 Å². The van der Waals surface area contributed by atoms with Crippen LogP contribution in [0.4, 0.5) is 0 Å². The zero-order chi connectivity index (χ0) is 11.9. The third-order valence-corrected chi connectivity index (χ3v) is 6.79. The highest BCUT2D eigenvalue weighted by atomic mass is 32.2. The van der Waals surface area contributed by atoms with E-state index in [4.69, 9.17) is 0 Å². The lowest BCUT2D eigenvalue weighted by atomic mass is 9.51. The molecule has 0 aromatic carbocycles. The summed E-state index contributed by atoms with van der Waals surface area (Å²) in [5, 5.41) is 10.2. The number of aliphatic carboxylic acids is 1. The summed E-state index contributed by atoms with van der Waals surface area (Å²) in [7, 11) is 0. The van der Waals surface area contributed by atoms with E-state index >= 15 is 0 Å². The maximum atomic E-state index is 11.6. The number of thioether (sulfide) groups is 1. The van der Waals surface area contributed by atoms with Crippen LogP contribution in [0.1, 0.15) is 64.2 Å². The standard InChI is InChI=1S/C14H22O2S/c15-12(16)14(9-13(10-14)7-4-8-13)17-11-5-2-1-3-6-11/h11H,1-10H2,(H,15,16). The van der Waals surface area contributed by atoms with Crippen molar-refractivity contribution in [3.63, 3.8) is 0 Å². The summed E-state index contributed by atoms with van der Waals surface area (Å²) in [6.07, 6.45) is 12.2. The van der Waals surface area contributed by atoms with Gasteiger partial charge in [0.05, 0.1) is 0 Å². The second-order valence-corrected chi connectivity index (χ2v) is 8.07. The first-order valence-electron chi connectivity index (χ1n) is 7.06. The summed E-state index contributed by atoms with van der Waals surface area (Å²) >= 11 is 1.81. The van der Waals surface area contributed by atoms with Gasteiger partial charge in [-0.05, 0) is 43.9 Å². The minimum Gasteiger partial charge on any atom is -0.480 e. The van der Waals surface area contributed by atoms with Crippen LogP contribution in [0.3, 0.4) is 0 Å². The predicted molar refractivity (Wildman–Crippen MR) is 70.3 cm³/mol. The van der Waals surface area contributed by atoms with E-state index in [0.29, 0.717) is 10.7 Å². The van der Waals surface area contributed by atoms with Gasteiger partial charge in [-0.15, -0.1) is 11.8 Å². The van der Waals surface area contributed by atoms with Crippen LogP contribution in [0.5, 0.6) is 0 Å². The molecule has 3 heteroatoms. The van der Waals surface area contributed by atoms with Crippen molar-refractivity contribution in [3.05, 3.63) is 0 Å². The Morgan fingerprint density at radius 3 is 2.18 bits per heavy atom. The molecule has 0 radical (unpaired) electrons. The van der Waals surface area contributed by atoms with Crippen LogP contribution in [-0.4, -0.2) is 21.1 Å². The first-order chi connectivity index (χ1) is 8.14. The third-order valence-electron chi connectivity index (χ3n) is 5.07. The summed E-state index contributed by atoms with van der Waals surface area (Å²) < 4.78 is -0.400. The van der Waals surface area contributed by atoms with Gasteiger partial charge >= 0.3 is 5.97 Å². The van der Waals surface area contributed by atoms with Crippen molar-refractivity contribution in [3.8, 4) is 0 Å². The van der Waals surface area contributed by atoms with Gasteiger partial charge in [0.1, 0.15) is 4.75 Å². The Morgan fingerprint density at radius 2 is 1.71 bits per heavy atom. The molecular formula is C14H22O2S. The molecule has 0 unspecified atom stereocenters. The normalized spacial score (nSPS) is 30.6. The Labute approximate surface area is 108 Å². The van der Waals surface area contributed by atoms with Crippen molar-refractivity contribution in [1.82, 2.24) is 0 Å². The maximum Gasteiger partial charge on any atom is 0.319 e. The quantitative estimate of drug-likeness (QED) is 0.831.